The molecule has 2 aromatic rings. The van der Waals surface area contributed by atoms with E-state index in [4.69, 9.17) is 4.74 Å². The van der Waals surface area contributed by atoms with E-state index in [1.807, 2.05) is 32.0 Å². The Hall–Kier alpha value is -3.47. The van der Waals surface area contributed by atoms with Gasteiger partial charge in [0.05, 0.1) is 36.0 Å². The molecule has 8 nitrogen and oxygen atoms in total. The van der Waals surface area contributed by atoms with Gasteiger partial charge >= 0.3 is 12.2 Å². The van der Waals surface area contributed by atoms with Gasteiger partial charge in [-0.1, -0.05) is 13.0 Å². The van der Waals surface area contributed by atoms with E-state index < -0.39 is 29.9 Å². The molecule has 0 spiro atoms. The molecule has 2 aromatic carbocycles. The van der Waals surface area contributed by atoms with E-state index in [0.717, 1.165) is 12.1 Å². The third kappa shape index (κ3) is 6.46. The molecule has 0 saturated heterocycles. The maximum Gasteiger partial charge on any atom is 0.416 e. The van der Waals surface area contributed by atoms with E-state index in [9.17, 15) is 27.9 Å². The molecule has 0 radical (unpaired) electrons. The highest BCUT2D eigenvalue weighted by molar-refractivity contribution is 5.99. The van der Waals surface area contributed by atoms with Gasteiger partial charge in [-0.2, -0.15) is 13.2 Å². The van der Waals surface area contributed by atoms with Crippen LogP contribution in [0.25, 0.3) is 0 Å². The minimum atomic E-state index is -4.46. The summed E-state index contributed by atoms with van der Waals surface area (Å²) in [5.74, 6) is -0.0812. The summed E-state index contributed by atoms with van der Waals surface area (Å²) in [6, 6.07) is 8.53. The molecule has 3 atom stereocenters. The number of anilines is 2. The highest BCUT2D eigenvalue weighted by atomic mass is 19.4. The van der Waals surface area contributed by atoms with Crippen molar-refractivity contribution < 1.29 is 32.6 Å². The molecule has 0 unspecified atom stereocenters. The highest BCUT2D eigenvalue weighted by Crippen LogP contribution is 2.36. The third-order valence-electron chi connectivity index (χ3n) is 6.42. The molecule has 0 fully saturated rings. The lowest BCUT2D eigenvalue weighted by Crippen LogP contribution is -2.50. The van der Waals surface area contributed by atoms with Crippen LogP contribution in [-0.2, 0) is 6.18 Å². The summed E-state index contributed by atoms with van der Waals surface area (Å²) in [6.45, 7) is 3.90. The second-order valence-corrected chi connectivity index (χ2v) is 9.56. The van der Waals surface area contributed by atoms with Gasteiger partial charge < -0.3 is 29.9 Å². The maximum atomic E-state index is 13.4. The van der Waals surface area contributed by atoms with Gasteiger partial charge in [0.1, 0.15) is 6.10 Å². The minimum absolute atomic E-state index is 0.143. The number of carbonyl (C=O) groups is 2. The van der Waals surface area contributed by atoms with Crippen molar-refractivity contribution in [1.29, 1.82) is 0 Å². The molecule has 11 heteroatoms. The fourth-order valence-electron chi connectivity index (χ4n) is 4.11. The number of nitrogens with zero attached hydrogens (tertiary/aromatic N) is 3. The van der Waals surface area contributed by atoms with Crippen molar-refractivity contribution in [1.82, 2.24) is 9.80 Å². The van der Waals surface area contributed by atoms with E-state index in [1.54, 1.807) is 31.0 Å². The molecule has 1 heterocycles. The topological polar surface area (TPSA) is 85.4 Å². The van der Waals surface area contributed by atoms with Crippen molar-refractivity contribution in [2.24, 2.45) is 5.92 Å². The first-order valence-corrected chi connectivity index (χ1v) is 11.9. The second-order valence-electron chi connectivity index (χ2n) is 9.56. The van der Waals surface area contributed by atoms with Crippen LogP contribution in [0.5, 0.6) is 5.75 Å². The normalized spacial score (nSPS) is 18.7. The largest absolute Gasteiger partial charge is 0.485 e. The van der Waals surface area contributed by atoms with E-state index in [1.165, 1.54) is 17.0 Å². The number of benzene rings is 2. The standard InChI is InChI=1S/C26H33F3N4O4/c1-16-13-33(17(2)15-34)24(35)20-7-6-8-21(31(3)4)23(20)37-22(16)14-32(5)25(36)30-19-11-9-18(10-12-19)26(27,28)29/h6-12,16-17,22,34H,13-15H2,1-5H3,(H,30,36)/t16-,17+,22+/m1/s1. The highest BCUT2D eigenvalue weighted by Gasteiger charge is 2.35. The number of halogens is 3. The number of aliphatic hydroxyl groups is 1. The van der Waals surface area contributed by atoms with Gasteiger partial charge in [-0.25, -0.2) is 4.79 Å². The zero-order valence-corrected chi connectivity index (χ0v) is 21.5. The van der Waals surface area contributed by atoms with Crippen LogP contribution in [0.1, 0.15) is 29.8 Å². The number of urea groups is 1. The molecule has 1 aliphatic heterocycles. The Morgan fingerprint density at radius 1 is 1.19 bits per heavy atom. The number of amides is 3. The van der Waals surface area contributed by atoms with Crippen molar-refractivity contribution in [2.75, 3.05) is 51.1 Å². The summed E-state index contributed by atoms with van der Waals surface area (Å²) >= 11 is 0. The van der Waals surface area contributed by atoms with Crippen molar-refractivity contribution in [3.8, 4) is 5.75 Å². The molecule has 2 N–H and O–H groups in total. The van der Waals surface area contributed by atoms with Crippen LogP contribution < -0.4 is 15.0 Å². The van der Waals surface area contributed by atoms with Crippen LogP contribution in [0.3, 0.4) is 0 Å². The van der Waals surface area contributed by atoms with Crippen molar-refractivity contribution >= 4 is 23.3 Å². The molecule has 0 aliphatic carbocycles. The molecule has 1 aliphatic rings. The first-order valence-electron chi connectivity index (χ1n) is 11.9. The molecule has 0 aromatic heterocycles. The Morgan fingerprint density at radius 3 is 2.41 bits per heavy atom. The van der Waals surface area contributed by atoms with Crippen LogP contribution in [0, 0.1) is 5.92 Å². The van der Waals surface area contributed by atoms with Gasteiger partial charge in [0.2, 0.25) is 0 Å². The molecule has 3 rings (SSSR count). The lowest BCUT2D eigenvalue weighted by atomic mass is 9.99. The van der Waals surface area contributed by atoms with Crippen molar-refractivity contribution in [3.05, 3.63) is 53.6 Å². The van der Waals surface area contributed by atoms with Gasteiger partial charge in [0.25, 0.3) is 5.91 Å². The monoisotopic (exact) mass is 522 g/mol. The van der Waals surface area contributed by atoms with Gasteiger partial charge in [0.15, 0.2) is 5.75 Å². The Morgan fingerprint density at radius 2 is 1.84 bits per heavy atom. The lowest BCUT2D eigenvalue weighted by Gasteiger charge is -2.39. The maximum absolute atomic E-state index is 13.4. The Balaban J connectivity index is 1.85. The summed E-state index contributed by atoms with van der Waals surface area (Å²) in [5, 5.41) is 12.4. The van der Waals surface area contributed by atoms with E-state index in [0.29, 0.717) is 23.5 Å². The molecule has 0 saturated carbocycles. The zero-order valence-electron chi connectivity index (χ0n) is 21.5. The number of para-hydroxylation sites is 1. The van der Waals surface area contributed by atoms with Gasteiger partial charge in [-0.3, -0.25) is 4.79 Å². The summed E-state index contributed by atoms with van der Waals surface area (Å²) in [6.07, 6.45) is -4.99. The predicted molar refractivity (Wildman–Crippen MR) is 135 cm³/mol. The van der Waals surface area contributed by atoms with E-state index >= 15 is 0 Å². The molecular weight excluding hydrogens is 489 g/mol. The van der Waals surface area contributed by atoms with Crippen LogP contribution >= 0.6 is 0 Å². The first kappa shape index (κ1) is 28.1. The average molecular weight is 523 g/mol. The summed E-state index contributed by atoms with van der Waals surface area (Å²) in [5.41, 5.74) is 0.478. The Bertz CT molecular complexity index is 1110. The average Bonchev–Trinajstić information content (AvgIpc) is 2.84. The quantitative estimate of drug-likeness (QED) is 0.595. The number of hydrogen-bond donors (Lipinski definition) is 2. The number of fused-ring (bicyclic) bond motifs is 1. The number of ether oxygens (including phenoxy) is 1. The van der Waals surface area contributed by atoms with E-state index in [-0.39, 0.29) is 30.7 Å². The number of aliphatic hydroxyl groups excluding tert-OH is 1. The zero-order chi connectivity index (χ0) is 27.5. The second kappa shape index (κ2) is 11.3. The molecule has 37 heavy (non-hydrogen) atoms. The number of rotatable bonds is 6. The SMILES string of the molecule is C[C@@H]1CN([C@@H](C)CO)C(=O)c2cccc(N(C)C)c2O[C@H]1CN(C)C(=O)Nc1ccc(C(F)(F)F)cc1. The minimum Gasteiger partial charge on any atom is -0.485 e. The Kier molecular flexibility index (Phi) is 8.57. The number of likely N-dealkylation sites (N-methyl/N-ethyl adjacent to an activating group) is 1. The summed E-state index contributed by atoms with van der Waals surface area (Å²) < 4.78 is 44.9. The Labute approximate surface area is 214 Å². The number of hydrogen-bond acceptors (Lipinski definition) is 5. The van der Waals surface area contributed by atoms with Crippen LogP contribution in [0.4, 0.5) is 29.3 Å². The van der Waals surface area contributed by atoms with E-state index in [2.05, 4.69) is 5.32 Å². The van der Waals surface area contributed by atoms with Gasteiger partial charge in [-0.15, -0.1) is 0 Å². The summed E-state index contributed by atoms with van der Waals surface area (Å²) in [4.78, 5) is 31.1. The fraction of sp³-hybridized carbons (Fsp3) is 0.462. The predicted octanol–water partition coefficient (Wildman–Crippen LogP) is 4.16. The number of nitrogens with one attached hydrogen (secondary N) is 1. The first-order chi connectivity index (χ1) is 17.3. The molecule has 3 amide bonds. The summed E-state index contributed by atoms with van der Waals surface area (Å²) in [7, 11) is 5.23. The van der Waals surface area contributed by atoms with Gasteiger partial charge in [-0.05, 0) is 43.3 Å². The lowest BCUT2D eigenvalue weighted by molar-refractivity contribution is -0.137. The molecule has 202 valence electrons. The smallest absolute Gasteiger partial charge is 0.416 e. The van der Waals surface area contributed by atoms with Crippen LogP contribution in [0.2, 0.25) is 0 Å². The van der Waals surface area contributed by atoms with Crippen LogP contribution in [-0.4, -0.2) is 79.8 Å². The number of carbonyl (C=O) groups excluding carboxylic acids is 2. The van der Waals surface area contributed by atoms with Crippen molar-refractivity contribution in [3.63, 3.8) is 0 Å². The molecular formula is C26H33F3N4O4. The molecule has 0 bridgehead atoms. The van der Waals surface area contributed by atoms with Crippen molar-refractivity contribution in [2.45, 2.75) is 32.2 Å². The van der Waals surface area contributed by atoms with Crippen LogP contribution in [0.15, 0.2) is 42.5 Å². The van der Waals surface area contributed by atoms with Gasteiger partial charge in [0, 0.05) is 39.3 Å². The number of alkyl halides is 3. The fourth-order valence-corrected chi connectivity index (χ4v) is 4.11. The third-order valence-corrected chi connectivity index (χ3v) is 6.42.